The standard InChI is InChI=1S/C28H32O3/c1-6-21(4)30-25-16-12-23(13-17-25)28(5,22-10-8-7-9-11-22)24-14-18-26(19-15-24)31-27(29)20(2)3/h7-21H,6H2,1-5H3. The van der Waals surface area contributed by atoms with Crippen molar-refractivity contribution >= 4 is 5.97 Å². The van der Waals surface area contributed by atoms with E-state index in [4.69, 9.17) is 9.47 Å². The Kier molecular flexibility index (Phi) is 7.17. The molecule has 162 valence electrons. The highest BCUT2D eigenvalue weighted by Gasteiger charge is 2.31. The van der Waals surface area contributed by atoms with Crippen molar-refractivity contribution in [3.8, 4) is 11.5 Å². The van der Waals surface area contributed by atoms with Crippen LogP contribution in [0.1, 0.15) is 57.7 Å². The van der Waals surface area contributed by atoms with Crippen LogP contribution in [-0.4, -0.2) is 12.1 Å². The van der Waals surface area contributed by atoms with Crippen molar-refractivity contribution in [2.24, 2.45) is 5.92 Å². The number of hydrogen-bond acceptors (Lipinski definition) is 3. The molecule has 3 aromatic rings. The van der Waals surface area contributed by atoms with Gasteiger partial charge in [0.2, 0.25) is 0 Å². The fourth-order valence-electron chi connectivity index (χ4n) is 3.54. The predicted molar refractivity (Wildman–Crippen MR) is 126 cm³/mol. The zero-order valence-corrected chi connectivity index (χ0v) is 19.1. The Morgan fingerprint density at radius 2 is 1.26 bits per heavy atom. The molecule has 0 amide bonds. The molecule has 0 radical (unpaired) electrons. The molecular formula is C28H32O3. The van der Waals surface area contributed by atoms with Crippen molar-refractivity contribution in [2.75, 3.05) is 0 Å². The first-order valence-electron chi connectivity index (χ1n) is 11.0. The second-order valence-corrected chi connectivity index (χ2v) is 8.45. The van der Waals surface area contributed by atoms with Gasteiger partial charge in [0.1, 0.15) is 11.5 Å². The normalized spacial score (nSPS) is 14.0. The molecule has 0 heterocycles. The highest BCUT2D eigenvalue weighted by Crippen LogP contribution is 2.40. The molecule has 0 saturated carbocycles. The molecule has 3 nitrogen and oxygen atoms in total. The van der Waals surface area contributed by atoms with Gasteiger partial charge in [0.05, 0.1) is 12.0 Å². The molecule has 0 bridgehead atoms. The van der Waals surface area contributed by atoms with Crippen LogP contribution in [0.4, 0.5) is 0 Å². The van der Waals surface area contributed by atoms with Gasteiger partial charge in [-0.3, -0.25) is 4.79 Å². The summed E-state index contributed by atoms with van der Waals surface area (Å²) in [5, 5.41) is 0. The Balaban J connectivity index is 1.98. The Morgan fingerprint density at radius 1 is 0.774 bits per heavy atom. The molecule has 2 unspecified atom stereocenters. The van der Waals surface area contributed by atoms with Gasteiger partial charge in [-0.15, -0.1) is 0 Å². The highest BCUT2D eigenvalue weighted by molar-refractivity contribution is 5.74. The van der Waals surface area contributed by atoms with E-state index in [1.165, 1.54) is 11.1 Å². The van der Waals surface area contributed by atoms with E-state index in [1.54, 1.807) is 0 Å². The van der Waals surface area contributed by atoms with E-state index in [9.17, 15) is 4.79 Å². The molecule has 31 heavy (non-hydrogen) atoms. The lowest BCUT2D eigenvalue weighted by Crippen LogP contribution is -2.25. The summed E-state index contributed by atoms with van der Waals surface area (Å²) < 4.78 is 11.4. The summed E-state index contributed by atoms with van der Waals surface area (Å²) >= 11 is 0. The molecule has 3 rings (SSSR count). The number of benzene rings is 3. The van der Waals surface area contributed by atoms with Crippen molar-refractivity contribution < 1.29 is 14.3 Å². The van der Waals surface area contributed by atoms with Crippen molar-refractivity contribution in [1.29, 1.82) is 0 Å². The smallest absolute Gasteiger partial charge is 0.313 e. The summed E-state index contributed by atoms with van der Waals surface area (Å²) in [5.74, 6) is 1.06. The molecule has 0 aliphatic rings. The predicted octanol–water partition coefficient (Wildman–Crippen LogP) is 6.78. The number of carbonyl (C=O) groups excluding carboxylic acids is 1. The Labute approximate surface area is 186 Å². The summed E-state index contributed by atoms with van der Waals surface area (Å²) in [6.45, 7) is 10.1. The molecule has 0 saturated heterocycles. The Morgan fingerprint density at radius 3 is 1.74 bits per heavy atom. The molecule has 3 heteroatoms. The molecule has 0 aliphatic heterocycles. The van der Waals surface area contributed by atoms with E-state index in [0.717, 1.165) is 17.7 Å². The quantitative estimate of drug-likeness (QED) is 0.231. The number of hydrogen-bond donors (Lipinski definition) is 0. The van der Waals surface area contributed by atoms with Gasteiger partial charge in [0, 0.05) is 5.41 Å². The third-order valence-electron chi connectivity index (χ3n) is 5.82. The SMILES string of the molecule is CCC(C)Oc1ccc(C(C)(c2ccccc2)c2ccc(OC(=O)C(C)C)cc2)cc1. The van der Waals surface area contributed by atoms with Gasteiger partial charge in [0.15, 0.2) is 0 Å². The highest BCUT2D eigenvalue weighted by atomic mass is 16.5. The first-order valence-corrected chi connectivity index (χ1v) is 11.0. The fraction of sp³-hybridized carbons (Fsp3) is 0.321. The van der Waals surface area contributed by atoms with Crippen LogP contribution in [0.5, 0.6) is 11.5 Å². The van der Waals surface area contributed by atoms with E-state index in [1.807, 2.05) is 56.3 Å². The summed E-state index contributed by atoms with van der Waals surface area (Å²) in [6.07, 6.45) is 1.16. The van der Waals surface area contributed by atoms with Crippen molar-refractivity contribution in [1.82, 2.24) is 0 Å². The first-order chi connectivity index (χ1) is 14.8. The van der Waals surface area contributed by atoms with E-state index >= 15 is 0 Å². The van der Waals surface area contributed by atoms with Crippen LogP contribution in [-0.2, 0) is 10.2 Å². The molecule has 2 atom stereocenters. The molecule has 0 aromatic heterocycles. The largest absolute Gasteiger partial charge is 0.491 e. The monoisotopic (exact) mass is 416 g/mol. The lowest BCUT2D eigenvalue weighted by Gasteiger charge is -2.32. The number of carbonyl (C=O) groups is 1. The second-order valence-electron chi connectivity index (χ2n) is 8.45. The maximum Gasteiger partial charge on any atom is 0.313 e. The van der Waals surface area contributed by atoms with E-state index in [2.05, 4.69) is 57.2 Å². The van der Waals surface area contributed by atoms with Gasteiger partial charge >= 0.3 is 5.97 Å². The Bertz CT molecular complexity index is 975. The third kappa shape index (κ3) is 5.16. The summed E-state index contributed by atoms with van der Waals surface area (Å²) in [6, 6.07) is 26.6. The maximum atomic E-state index is 11.9. The minimum absolute atomic E-state index is 0.162. The zero-order valence-electron chi connectivity index (χ0n) is 19.1. The van der Waals surface area contributed by atoms with Gasteiger partial charge in [0.25, 0.3) is 0 Å². The van der Waals surface area contributed by atoms with Crippen LogP contribution in [0.25, 0.3) is 0 Å². The van der Waals surface area contributed by atoms with Gasteiger partial charge in [-0.1, -0.05) is 75.4 Å². The fourth-order valence-corrected chi connectivity index (χ4v) is 3.54. The van der Waals surface area contributed by atoms with Crippen LogP contribution in [0.3, 0.4) is 0 Å². The topological polar surface area (TPSA) is 35.5 Å². The molecular weight excluding hydrogens is 384 g/mol. The average Bonchev–Trinajstić information content (AvgIpc) is 2.80. The summed E-state index contributed by atoms with van der Waals surface area (Å²) in [7, 11) is 0. The molecule has 0 fully saturated rings. The number of esters is 1. The van der Waals surface area contributed by atoms with Crippen molar-refractivity contribution in [3.63, 3.8) is 0 Å². The van der Waals surface area contributed by atoms with Gasteiger partial charge in [-0.25, -0.2) is 0 Å². The van der Waals surface area contributed by atoms with Crippen LogP contribution in [0, 0.1) is 5.92 Å². The molecule has 3 aromatic carbocycles. The van der Waals surface area contributed by atoms with Crippen LogP contribution in [0.2, 0.25) is 0 Å². The zero-order chi connectivity index (χ0) is 22.4. The van der Waals surface area contributed by atoms with Gasteiger partial charge < -0.3 is 9.47 Å². The van der Waals surface area contributed by atoms with E-state index in [-0.39, 0.29) is 23.4 Å². The third-order valence-corrected chi connectivity index (χ3v) is 5.82. The second kappa shape index (κ2) is 9.82. The molecule has 0 spiro atoms. The Hall–Kier alpha value is -3.07. The van der Waals surface area contributed by atoms with Gasteiger partial charge in [-0.2, -0.15) is 0 Å². The summed E-state index contributed by atoms with van der Waals surface area (Å²) in [4.78, 5) is 11.9. The molecule has 0 aliphatic carbocycles. The van der Waals surface area contributed by atoms with Crippen molar-refractivity contribution in [2.45, 2.75) is 52.6 Å². The maximum absolute atomic E-state index is 11.9. The van der Waals surface area contributed by atoms with Gasteiger partial charge in [-0.05, 0) is 61.2 Å². The molecule has 0 N–H and O–H groups in total. The minimum Gasteiger partial charge on any atom is -0.491 e. The lowest BCUT2D eigenvalue weighted by atomic mass is 9.71. The van der Waals surface area contributed by atoms with Crippen LogP contribution < -0.4 is 9.47 Å². The number of ether oxygens (including phenoxy) is 2. The van der Waals surface area contributed by atoms with E-state index < -0.39 is 0 Å². The summed E-state index contributed by atoms with van der Waals surface area (Å²) in [5.41, 5.74) is 3.12. The average molecular weight is 417 g/mol. The first kappa shape index (κ1) is 22.6. The van der Waals surface area contributed by atoms with Crippen molar-refractivity contribution in [3.05, 3.63) is 95.6 Å². The van der Waals surface area contributed by atoms with E-state index in [0.29, 0.717) is 5.75 Å². The van der Waals surface area contributed by atoms with Crippen LogP contribution in [0.15, 0.2) is 78.9 Å². The number of rotatable bonds is 8. The minimum atomic E-state index is -0.364. The van der Waals surface area contributed by atoms with Crippen LogP contribution >= 0.6 is 0 Å². The lowest BCUT2D eigenvalue weighted by molar-refractivity contribution is -0.137.